The smallest absolute Gasteiger partial charge is 0.416 e. The normalized spacial score (nSPS) is 15.5. The zero-order valence-electron chi connectivity index (χ0n) is 17.6. The van der Waals surface area contributed by atoms with Gasteiger partial charge in [0.2, 0.25) is 0 Å². The average Bonchev–Trinajstić information content (AvgIpc) is 2.79. The summed E-state index contributed by atoms with van der Waals surface area (Å²) in [5.41, 5.74) is 0.591. The number of amides is 1. The van der Waals surface area contributed by atoms with E-state index in [0.717, 1.165) is 0 Å². The molecule has 1 aliphatic heterocycles. The molecule has 33 heavy (non-hydrogen) atoms. The Bertz CT molecular complexity index is 1290. The molecule has 0 spiro atoms. The maximum Gasteiger partial charge on any atom is 0.416 e. The molecular weight excluding hydrogens is 453 g/mol. The van der Waals surface area contributed by atoms with E-state index in [-0.39, 0.29) is 23.8 Å². The van der Waals surface area contributed by atoms with Crippen molar-refractivity contribution in [2.45, 2.75) is 19.5 Å². The van der Waals surface area contributed by atoms with Gasteiger partial charge < -0.3 is 9.47 Å². The molecule has 0 fully saturated rings. The Balaban J connectivity index is 1.55. The lowest BCUT2D eigenvalue weighted by Crippen LogP contribution is -2.39. The largest absolute Gasteiger partial charge is 0.424 e. The molecule has 1 aromatic heterocycles. The Labute approximate surface area is 189 Å². The standard InChI is InChI=1S/C21H20FN5O5S/c1-13-16-8-7-15(31-20-24-9-4-10-25-20)11-18(16)32-21(28)27(13)12-14-5-3-6-17(19(14)22)26-33(29,30)23-2/h3-11,13,23,26H,12H2,1-2H3/t13-/m0/s1. The fourth-order valence-electron chi connectivity index (χ4n) is 3.30. The molecule has 3 aromatic rings. The Morgan fingerprint density at radius 1 is 1.18 bits per heavy atom. The number of carbonyl (C=O) groups excluding carboxylic acids is 1. The van der Waals surface area contributed by atoms with E-state index in [1.807, 2.05) is 0 Å². The summed E-state index contributed by atoms with van der Waals surface area (Å²) < 4.78 is 53.6. The van der Waals surface area contributed by atoms with Crippen LogP contribution in [0.15, 0.2) is 54.9 Å². The van der Waals surface area contributed by atoms with Gasteiger partial charge in [0.25, 0.3) is 10.2 Å². The van der Waals surface area contributed by atoms with Gasteiger partial charge in [-0.2, -0.15) is 8.42 Å². The highest BCUT2D eigenvalue weighted by Crippen LogP contribution is 2.38. The zero-order chi connectivity index (χ0) is 23.6. The Hall–Kier alpha value is -3.77. The topological polar surface area (TPSA) is 123 Å². The van der Waals surface area contributed by atoms with Gasteiger partial charge in [-0.15, -0.1) is 0 Å². The molecular formula is C21H20FN5O5S. The van der Waals surface area contributed by atoms with E-state index in [0.29, 0.717) is 17.1 Å². The van der Waals surface area contributed by atoms with E-state index in [1.54, 1.807) is 43.6 Å². The van der Waals surface area contributed by atoms with Crippen molar-refractivity contribution in [3.8, 4) is 17.5 Å². The predicted molar refractivity (Wildman–Crippen MR) is 117 cm³/mol. The molecule has 2 N–H and O–H groups in total. The first kappa shape index (κ1) is 22.4. The predicted octanol–water partition coefficient (Wildman–Crippen LogP) is 3.36. The summed E-state index contributed by atoms with van der Waals surface area (Å²) in [5, 5.41) is 0. The number of fused-ring (bicyclic) bond motifs is 1. The molecule has 0 aliphatic carbocycles. The molecule has 0 unspecified atom stereocenters. The van der Waals surface area contributed by atoms with Gasteiger partial charge in [-0.1, -0.05) is 12.1 Å². The lowest BCUT2D eigenvalue weighted by molar-refractivity contribution is 0.116. The highest BCUT2D eigenvalue weighted by atomic mass is 32.2. The molecule has 2 heterocycles. The second-order valence-corrected chi connectivity index (χ2v) is 8.71. The highest BCUT2D eigenvalue weighted by molar-refractivity contribution is 7.90. The Kier molecular flexibility index (Phi) is 6.11. The number of anilines is 1. The third kappa shape index (κ3) is 4.86. The maximum absolute atomic E-state index is 14.9. The van der Waals surface area contributed by atoms with E-state index in [4.69, 9.17) is 9.47 Å². The molecule has 0 saturated heterocycles. The fourth-order valence-corrected chi connectivity index (χ4v) is 3.84. The van der Waals surface area contributed by atoms with Gasteiger partial charge in [-0.3, -0.25) is 9.62 Å². The van der Waals surface area contributed by atoms with Crippen LogP contribution in [0.4, 0.5) is 14.9 Å². The summed E-state index contributed by atoms with van der Waals surface area (Å²) in [6, 6.07) is 10.6. The molecule has 172 valence electrons. The minimum absolute atomic E-state index is 0.125. The number of aromatic nitrogens is 2. The molecule has 0 radical (unpaired) electrons. The number of rotatable bonds is 7. The quantitative estimate of drug-likeness (QED) is 0.539. The third-order valence-electron chi connectivity index (χ3n) is 5.02. The lowest BCUT2D eigenvalue weighted by atomic mass is 10.0. The van der Waals surface area contributed by atoms with Gasteiger partial charge in [0.15, 0.2) is 5.82 Å². The number of hydrogen-bond acceptors (Lipinski definition) is 7. The molecule has 10 nitrogen and oxygen atoms in total. The van der Waals surface area contributed by atoms with Crippen LogP contribution >= 0.6 is 0 Å². The lowest BCUT2D eigenvalue weighted by Gasteiger charge is -2.34. The van der Waals surface area contributed by atoms with Crippen LogP contribution in [0.5, 0.6) is 17.5 Å². The van der Waals surface area contributed by atoms with Crippen LogP contribution in [0.3, 0.4) is 0 Å². The highest BCUT2D eigenvalue weighted by Gasteiger charge is 2.32. The minimum Gasteiger partial charge on any atom is -0.424 e. The first-order valence-corrected chi connectivity index (χ1v) is 11.3. The van der Waals surface area contributed by atoms with Gasteiger partial charge in [-0.25, -0.2) is 23.9 Å². The summed E-state index contributed by atoms with van der Waals surface area (Å²) in [6.07, 6.45) is 2.40. The minimum atomic E-state index is -3.90. The Morgan fingerprint density at radius 2 is 1.94 bits per heavy atom. The second kappa shape index (κ2) is 9.00. The summed E-state index contributed by atoms with van der Waals surface area (Å²) in [5.74, 6) is -0.0779. The van der Waals surface area contributed by atoms with Crippen molar-refractivity contribution in [1.29, 1.82) is 0 Å². The van der Waals surface area contributed by atoms with E-state index >= 15 is 0 Å². The van der Waals surface area contributed by atoms with Gasteiger partial charge in [0.05, 0.1) is 18.3 Å². The number of nitrogens with one attached hydrogen (secondary N) is 2. The van der Waals surface area contributed by atoms with Crippen molar-refractivity contribution in [1.82, 2.24) is 19.6 Å². The van der Waals surface area contributed by atoms with Crippen molar-refractivity contribution in [3.05, 3.63) is 71.8 Å². The summed E-state index contributed by atoms with van der Waals surface area (Å²) in [4.78, 5) is 22.0. The summed E-state index contributed by atoms with van der Waals surface area (Å²) in [6.45, 7) is 1.65. The average molecular weight is 473 g/mol. The van der Waals surface area contributed by atoms with E-state index in [2.05, 4.69) is 19.4 Å². The van der Waals surface area contributed by atoms with Crippen molar-refractivity contribution >= 4 is 22.0 Å². The molecule has 4 rings (SSSR count). The van der Waals surface area contributed by atoms with Crippen LogP contribution in [0.25, 0.3) is 0 Å². The van der Waals surface area contributed by atoms with E-state index in [1.165, 1.54) is 30.1 Å². The van der Waals surface area contributed by atoms with E-state index in [9.17, 15) is 17.6 Å². The van der Waals surface area contributed by atoms with Gasteiger partial charge in [0.1, 0.15) is 11.5 Å². The fraction of sp³-hybridized carbons (Fsp3) is 0.190. The zero-order valence-corrected chi connectivity index (χ0v) is 18.5. The SMILES string of the molecule is CNS(=O)(=O)Nc1cccc(CN2C(=O)Oc3cc(Oc4ncccn4)ccc3[C@@H]2C)c1F. The first-order chi connectivity index (χ1) is 15.8. The summed E-state index contributed by atoms with van der Waals surface area (Å²) in [7, 11) is -2.69. The van der Waals surface area contributed by atoms with Crippen LogP contribution in [0, 0.1) is 5.82 Å². The number of halogens is 1. The molecule has 1 amide bonds. The third-order valence-corrected chi connectivity index (χ3v) is 6.04. The molecule has 1 atom stereocenters. The van der Waals surface area contributed by atoms with Crippen LogP contribution in [0.1, 0.15) is 24.1 Å². The number of hydrogen-bond donors (Lipinski definition) is 2. The number of carbonyl (C=O) groups is 1. The van der Waals surface area contributed by atoms with Crippen molar-refractivity contribution < 1.29 is 27.1 Å². The van der Waals surface area contributed by atoms with Crippen molar-refractivity contribution in [3.63, 3.8) is 0 Å². The van der Waals surface area contributed by atoms with Gasteiger partial charge in [0, 0.05) is 36.6 Å². The van der Waals surface area contributed by atoms with Crippen molar-refractivity contribution in [2.24, 2.45) is 0 Å². The van der Waals surface area contributed by atoms with E-state index < -0.39 is 28.2 Å². The number of nitrogens with zero attached hydrogens (tertiary/aromatic N) is 3. The second-order valence-electron chi connectivity index (χ2n) is 7.09. The monoisotopic (exact) mass is 473 g/mol. The van der Waals surface area contributed by atoms with Crippen LogP contribution in [-0.2, 0) is 16.8 Å². The number of benzene rings is 2. The molecule has 12 heteroatoms. The Morgan fingerprint density at radius 3 is 2.67 bits per heavy atom. The van der Waals surface area contributed by atoms with Crippen LogP contribution in [-0.4, -0.2) is 36.4 Å². The number of ether oxygens (including phenoxy) is 2. The first-order valence-electron chi connectivity index (χ1n) is 9.83. The molecule has 2 aromatic carbocycles. The molecule has 0 saturated carbocycles. The van der Waals surface area contributed by atoms with Crippen molar-refractivity contribution in [2.75, 3.05) is 11.8 Å². The van der Waals surface area contributed by atoms with Crippen LogP contribution < -0.4 is 18.9 Å². The molecule has 0 bridgehead atoms. The maximum atomic E-state index is 14.9. The van der Waals surface area contributed by atoms with Crippen LogP contribution in [0.2, 0.25) is 0 Å². The molecule has 1 aliphatic rings. The van der Waals surface area contributed by atoms with Gasteiger partial charge in [-0.05, 0) is 31.2 Å². The summed E-state index contributed by atoms with van der Waals surface area (Å²) >= 11 is 0. The van der Waals surface area contributed by atoms with Gasteiger partial charge >= 0.3 is 12.1 Å².